The number of carboxylic acid groups (broad SMARTS) is 1. The number of alkyl halides is 2. The van der Waals surface area contributed by atoms with Crippen molar-refractivity contribution >= 4 is 5.97 Å². The van der Waals surface area contributed by atoms with Gasteiger partial charge in [-0.1, -0.05) is 0 Å². The highest BCUT2D eigenvalue weighted by Crippen LogP contribution is 2.29. The first-order chi connectivity index (χ1) is 9.86. The van der Waals surface area contributed by atoms with Crippen molar-refractivity contribution in [1.29, 1.82) is 0 Å². The standard InChI is InChI=1S/C14H8F4O3/c15-9-1-2-12(16)11(6-9)7-3-8(13(19)20)5-10(4-7)21-14(17)18/h1-6,14H,(H,19,20). The highest BCUT2D eigenvalue weighted by Gasteiger charge is 2.14. The maximum absolute atomic E-state index is 13.7. The Morgan fingerprint density at radius 2 is 1.81 bits per heavy atom. The van der Waals surface area contributed by atoms with Gasteiger partial charge >= 0.3 is 12.6 Å². The molecule has 0 atom stereocenters. The first kappa shape index (κ1) is 14.8. The number of carbonyl (C=O) groups is 1. The van der Waals surface area contributed by atoms with Crippen molar-refractivity contribution in [2.24, 2.45) is 0 Å². The van der Waals surface area contributed by atoms with E-state index in [1.54, 1.807) is 0 Å². The summed E-state index contributed by atoms with van der Waals surface area (Å²) in [6, 6.07) is 5.49. The lowest BCUT2D eigenvalue weighted by atomic mass is 10.0. The van der Waals surface area contributed by atoms with E-state index in [2.05, 4.69) is 4.74 Å². The Bertz CT molecular complexity index is 686. The van der Waals surface area contributed by atoms with Gasteiger partial charge < -0.3 is 9.84 Å². The molecule has 0 aliphatic heterocycles. The van der Waals surface area contributed by atoms with Crippen LogP contribution in [0, 0.1) is 11.6 Å². The molecule has 0 saturated carbocycles. The molecule has 0 saturated heterocycles. The van der Waals surface area contributed by atoms with E-state index < -0.39 is 30.0 Å². The summed E-state index contributed by atoms with van der Waals surface area (Å²) in [6.07, 6.45) is 0. The fourth-order valence-corrected chi connectivity index (χ4v) is 1.77. The van der Waals surface area contributed by atoms with Crippen LogP contribution < -0.4 is 4.74 Å². The molecular weight excluding hydrogens is 292 g/mol. The number of rotatable bonds is 4. The normalized spacial score (nSPS) is 10.7. The SMILES string of the molecule is O=C(O)c1cc(OC(F)F)cc(-c2cc(F)ccc2F)c1. The molecule has 0 fully saturated rings. The second-order valence-electron chi connectivity index (χ2n) is 4.05. The van der Waals surface area contributed by atoms with E-state index in [4.69, 9.17) is 5.11 Å². The topological polar surface area (TPSA) is 46.5 Å². The molecule has 1 N–H and O–H groups in total. The molecule has 0 aromatic heterocycles. The van der Waals surface area contributed by atoms with Crippen LogP contribution in [-0.4, -0.2) is 17.7 Å². The summed E-state index contributed by atoms with van der Waals surface area (Å²) in [5.74, 6) is -3.43. The van der Waals surface area contributed by atoms with Gasteiger partial charge in [0.05, 0.1) is 5.56 Å². The Labute approximate surface area is 116 Å². The molecule has 0 aliphatic carbocycles. The smallest absolute Gasteiger partial charge is 0.387 e. The summed E-state index contributed by atoms with van der Waals surface area (Å²) >= 11 is 0. The predicted octanol–water partition coefficient (Wildman–Crippen LogP) is 3.93. The van der Waals surface area contributed by atoms with E-state index in [1.807, 2.05) is 0 Å². The molecular formula is C14H8F4O3. The monoisotopic (exact) mass is 300 g/mol. The van der Waals surface area contributed by atoms with Gasteiger partial charge in [0.25, 0.3) is 0 Å². The third kappa shape index (κ3) is 3.50. The summed E-state index contributed by atoms with van der Waals surface area (Å²) in [7, 11) is 0. The Hall–Kier alpha value is -2.57. The van der Waals surface area contributed by atoms with Crippen LogP contribution in [0.3, 0.4) is 0 Å². The molecule has 0 spiro atoms. The van der Waals surface area contributed by atoms with E-state index >= 15 is 0 Å². The lowest BCUT2D eigenvalue weighted by Crippen LogP contribution is -2.04. The molecule has 21 heavy (non-hydrogen) atoms. The van der Waals surface area contributed by atoms with Crippen LogP contribution in [0.2, 0.25) is 0 Å². The number of halogens is 4. The molecule has 2 aromatic carbocycles. The highest BCUT2D eigenvalue weighted by molar-refractivity contribution is 5.90. The van der Waals surface area contributed by atoms with Gasteiger partial charge in [-0.3, -0.25) is 0 Å². The van der Waals surface area contributed by atoms with Crippen molar-refractivity contribution in [2.75, 3.05) is 0 Å². The van der Waals surface area contributed by atoms with Crippen molar-refractivity contribution in [3.8, 4) is 16.9 Å². The van der Waals surface area contributed by atoms with Gasteiger partial charge in [0.1, 0.15) is 17.4 Å². The molecule has 0 bridgehead atoms. The lowest BCUT2D eigenvalue weighted by molar-refractivity contribution is -0.0498. The molecule has 0 unspecified atom stereocenters. The van der Waals surface area contributed by atoms with E-state index in [1.165, 1.54) is 0 Å². The number of carboxylic acids is 1. The van der Waals surface area contributed by atoms with Gasteiger partial charge in [-0.15, -0.1) is 0 Å². The summed E-state index contributed by atoms with van der Waals surface area (Å²) < 4.78 is 55.4. The molecule has 0 aliphatic rings. The Morgan fingerprint density at radius 3 is 2.43 bits per heavy atom. The second kappa shape index (κ2) is 5.82. The van der Waals surface area contributed by atoms with E-state index in [0.717, 1.165) is 36.4 Å². The van der Waals surface area contributed by atoms with Crippen molar-refractivity contribution < 1.29 is 32.2 Å². The van der Waals surface area contributed by atoms with Crippen molar-refractivity contribution in [2.45, 2.75) is 6.61 Å². The highest BCUT2D eigenvalue weighted by atomic mass is 19.3. The minimum Gasteiger partial charge on any atom is -0.478 e. The summed E-state index contributed by atoms with van der Waals surface area (Å²) in [5.41, 5.74) is -0.716. The second-order valence-corrected chi connectivity index (χ2v) is 4.05. The summed E-state index contributed by atoms with van der Waals surface area (Å²) in [6.45, 7) is -3.17. The van der Waals surface area contributed by atoms with Crippen molar-refractivity contribution in [3.05, 3.63) is 53.6 Å². The number of hydrogen-bond donors (Lipinski definition) is 1. The Morgan fingerprint density at radius 1 is 1.10 bits per heavy atom. The summed E-state index contributed by atoms with van der Waals surface area (Å²) in [4.78, 5) is 11.0. The van der Waals surface area contributed by atoms with Crippen LogP contribution in [0.5, 0.6) is 5.75 Å². The molecule has 2 aromatic rings. The van der Waals surface area contributed by atoms with Crippen LogP contribution in [0.25, 0.3) is 11.1 Å². The van der Waals surface area contributed by atoms with Crippen molar-refractivity contribution in [3.63, 3.8) is 0 Å². The first-order valence-electron chi connectivity index (χ1n) is 5.65. The lowest BCUT2D eigenvalue weighted by Gasteiger charge is -2.10. The van der Waals surface area contributed by atoms with Crippen LogP contribution in [0.4, 0.5) is 17.6 Å². The minimum absolute atomic E-state index is 0.0810. The zero-order valence-corrected chi connectivity index (χ0v) is 10.3. The third-order valence-electron chi connectivity index (χ3n) is 2.62. The number of ether oxygens (including phenoxy) is 1. The molecule has 0 radical (unpaired) electrons. The van der Waals surface area contributed by atoms with Crippen LogP contribution in [-0.2, 0) is 0 Å². The maximum atomic E-state index is 13.7. The molecule has 2 rings (SSSR count). The fraction of sp³-hybridized carbons (Fsp3) is 0.0714. The van der Waals surface area contributed by atoms with Gasteiger partial charge in [-0.25, -0.2) is 13.6 Å². The van der Waals surface area contributed by atoms with Crippen molar-refractivity contribution in [1.82, 2.24) is 0 Å². The average Bonchev–Trinajstić information content (AvgIpc) is 2.40. The fourth-order valence-electron chi connectivity index (χ4n) is 1.77. The van der Waals surface area contributed by atoms with Gasteiger partial charge in [0.2, 0.25) is 0 Å². The largest absolute Gasteiger partial charge is 0.478 e. The first-order valence-corrected chi connectivity index (χ1v) is 5.65. The number of benzene rings is 2. The van der Waals surface area contributed by atoms with Gasteiger partial charge in [0.15, 0.2) is 0 Å². The Kier molecular flexibility index (Phi) is 4.11. The quantitative estimate of drug-likeness (QED) is 0.870. The zero-order chi connectivity index (χ0) is 15.6. The maximum Gasteiger partial charge on any atom is 0.387 e. The van der Waals surface area contributed by atoms with Gasteiger partial charge in [-0.05, 0) is 42.0 Å². The third-order valence-corrected chi connectivity index (χ3v) is 2.62. The van der Waals surface area contributed by atoms with Crippen LogP contribution in [0.1, 0.15) is 10.4 Å². The van der Waals surface area contributed by atoms with Gasteiger partial charge in [0, 0.05) is 5.56 Å². The molecule has 7 heteroatoms. The molecule has 110 valence electrons. The van der Waals surface area contributed by atoms with E-state index in [9.17, 15) is 22.4 Å². The molecule has 0 heterocycles. The number of aromatic carboxylic acids is 1. The van der Waals surface area contributed by atoms with Crippen LogP contribution in [0.15, 0.2) is 36.4 Å². The molecule has 0 amide bonds. The van der Waals surface area contributed by atoms with Crippen LogP contribution >= 0.6 is 0 Å². The Balaban J connectivity index is 2.59. The van der Waals surface area contributed by atoms with E-state index in [-0.39, 0.29) is 16.7 Å². The summed E-state index contributed by atoms with van der Waals surface area (Å²) in [5, 5.41) is 8.93. The molecule has 3 nitrogen and oxygen atoms in total. The number of hydrogen-bond acceptors (Lipinski definition) is 2. The van der Waals surface area contributed by atoms with Gasteiger partial charge in [-0.2, -0.15) is 8.78 Å². The zero-order valence-electron chi connectivity index (χ0n) is 10.3. The van der Waals surface area contributed by atoms with E-state index in [0.29, 0.717) is 0 Å². The predicted molar refractivity (Wildman–Crippen MR) is 65.4 cm³/mol. The minimum atomic E-state index is -3.17. The average molecular weight is 300 g/mol.